The minimum atomic E-state index is -0.146. The Bertz CT molecular complexity index is 898. The fourth-order valence-corrected chi connectivity index (χ4v) is 3.58. The second kappa shape index (κ2) is 7.95. The first kappa shape index (κ1) is 17.8. The predicted octanol–water partition coefficient (Wildman–Crippen LogP) is 4.94. The van der Waals surface area contributed by atoms with E-state index in [0.717, 1.165) is 10.0 Å². The largest absolute Gasteiger partial charge is 0.347 e. The number of aryl methyl sites for hydroxylation is 1. The maximum Gasteiger partial charge on any atom is 0.263 e. The molecule has 0 unspecified atom stereocenters. The van der Waals surface area contributed by atoms with Crippen LogP contribution in [0, 0.1) is 6.92 Å². The smallest absolute Gasteiger partial charge is 0.263 e. The van der Waals surface area contributed by atoms with E-state index in [9.17, 15) is 4.79 Å². The number of rotatable bonds is 5. The molecular weight excluding hydrogens is 424 g/mol. The van der Waals surface area contributed by atoms with E-state index in [1.54, 1.807) is 18.3 Å². The summed E-state index contributed by atoms with van der Waals surface area (Å²) < 4.78 is 0.982. The van der Waals surface area contributed by atoms with E-state index in [1.165, 1.54) is 11.3 Å². The van der Waals surface area contributed by atoms with E-state index in [-0.39, 0.29) is 5.91 Å². The highest BCUT2D eigenvalue weighted by Gasteiger charge is 2.15. The Kier molecular flexibility index (Phi) is 5.67. The number of nitrogens with one attached hydrogen (secondary N) is 2. The number of benzene rings is 1. The molecule has 3 rings (SSSR count). The van der Waals surface area contributed by atoms with Gasteiger partial charge in [0, 0.05) is 17.2 Å². The number of thiazole rings is 1. The van der Waals surface area contributed by atoms with E-state index < -0.39 is 0 Å². The summed E-state index contributed by atoms with van der Waals surface area (Å²) in [5.74, 6) is 0.478. The summed E-state index contributed by atoms with van der Waals surface area (Å²) in [7, 11) is 0. The van der Waals surface area contributed by atoms with Crippen molar-refractivity contribution in [2.45, 2.75) is 13.5 Å². The average molecular weight is 438 g/mol. The third-order valence-corrected chi connectivity index (χ3v) is 5.10. The number of nitrogens with zero attached hydrogens (tertiary/aromatic N) is 2. The minimum absolute atomic E-state index is 0.146. The van der Waals surface area contributed by atoms with Gasteiger partial charge in [0.05, 0.1) is 10.7 Å². The van der Waals surface area contributed by atoms with Gasteiger partial charge in [-0.3, -0.25) is 4.79 Å². The maximum absolute atomic E-state index is 12.4. The van der Waals surface area contributed by atoms with Crippen LogP contribution in [0.4, 0.5) is 10.9 Å². The van der Waals surface area contributed by atoms with Gasteiger partial charge in [-0.15, -0.1) is 0 Å². The lowest BCUT2D eigenvalue weighted by molar-refractivity contribution is 0.0954. The van der Waals surface area contributed by atoms with Crippen LogP contribution in [0.5, 0.6) is 0 Å². The van der Waals surface area contributed by atoms with Crippen molar-refractivity contribution in [2.24, 2.45) is 0 Å². The van der Waals surface area contributed by atoms with E-state index in [0.29, 0.717) is 33.1 Å². The number of hydrogen-bond acceptors (Lipinski definition) is 5. The second-order valence-corrected chi connectivity index (χ2v) is 7.58. The Hall–Kier alpha value is -1.96. The van der Waals surface area contributed by atoms with Crippen molar-refractivity contribution in [3.05, 3.63) is 68.2 Å². The molecular formula is C17H14BrClN4OS. The molecule has 25 heavy (non-hydrogen) atoms. The summed E-state index contributed by atoms with van der Waals surface area (Å²) in [5.41, 5.74) is 1.70. The SMILES string of the molecule is Cc1nc(Nc2ccc(Cl)cn2)sc1C(=O)NCc1cccc(Br)c1. The molecule has 0 saturated carbocycles. The Balaban J connectivity index is 1.66. The number of carbonyl (C=O) groups excluding carboxylic acids is 1. The third kappa shape index (κ3) is 4.78. The molecule has 8 heteroatoms. The van der Waals surface area contributed by atoms with Crippen LogP contribution in [-0.4, -0.2) is 15.9 Å². The Morgan fingerprint density at radius 3 is 2.88 bits per heavy atom. The van der Waals surface area contributed by atoms with Crippen LogP contribution in [-0.2, 0) is 6.54 Å². The van der Waals surface area contributed by atoms with Crippen molar-refractivity contribution in [3.8, 4) is 0 Å². The molecule has 128 valence electrons. The number of aromatic nitrogens is 2. The van der Waals surface area contributed by atoms with Gasteiger partial charge in [-0.05, 0) is 36.8 Å². The summed E-state index contributed by atoms with van der Waals surface area (Å²) in [6.07, 6.45) is 1.55. The molecule has 0 fully saturated rings. The molecule has 3 aromatic rings. The quantitative estimate of drug-likeness (QED) is 0.593. The first-order valence-electron chi connectivity index (χ1n) is 7.40. The van der Waals surface area contributed by atoms with Gasteiger partial charge in [-0.25, -0.2) is 9.97 Å². The summed E-state index contributed by atoms with van der Waals surface area (Å²) in [5, 5.41) is 7.17. The lowest BCUT2D eigenvalue weighted by atomic mass is 10.2. The van der Waals surface area contributed by atoms with Crippen molar-refractivity contribution in [3.63, 3.8) is 0 Å². The topological polar surface area (TPSA) is 66.9 Å². The maximum atomic E-state index is 12.4. The second-order valence-electron chi connectivity index (χ2n) is 5.23. The fraction of sp³-hybridized carbons (Fsp3) is 0.118. The van der Waals surface area contributed by atoms with Gasteiger partial charge >= 0.3 is 0 Å². The Labute approximate surface area is 162 Å². The molecule has 1 aromatic carbocycles. The van der Waals surface area contributed by atoms with E-state index >= 15 is 0 Å². The lowest BCUT2D eigenvalue weighted by Crippen LogP contribution is -2.22. The highest BCUT2D eigenvalue weighted by Crippen LogP contribution is 2.25. The van der Waals surface area contributed by atoms with Crippen LogP contribution >= 0.6 is 38.9 Å². The molecule has 0 aliphatic rings. The molecule has 2 aromatic heterocycles. The molecule has 0 atom stereocenters. The molecule has 0 radical (unpaired) electrons. The standard InChI is InChI=1S/C17H14BrClN4OS/c1-10-15(16(24)21-8-11-3-2-4-12(18)7-11)25-17(22-10)23-14-6-5-13(19)9-20-14/h2-7,9H,8H2,1H3,(H,21,24)(H,20,22,23). The van der Waals surface area contributed by atoms with E-state index in [1.807, 2.05) is 31.2 Å². The number of hydrogen-bond donors (Lipinski definition) is 2. The Morgan fingerprint density at radius 1 is 1.32 bits per heavy atom. The minimum Gasteiger partial charge on any atom is -0.347 e. The van der Waals surface area contributed by atoms with Gasteiger partial charge in [0.15, 0.2) is 5.13 Å². The third-order valence-electron chi connectivity index (χ3n) is 3.31. The van der Waals surface area contributed by atoms with E-state index in [4.69, 9.17) is 11.6 Å². The van der Waals surface area contributed by atoms with Gasteiger partial charge < -0.3 is 10.6 Å². The summed E-state index contributed by atoms with van der Waals surface area (Å²) >= 11 is 10.5. The Morgan fingerprint density at radius 2 is 2.16 bits per heavy atom. The number of halogens is 2. The van der Waals surface area contributed by atoms with Gasteiger partial charge in [-0.1, -0.05) is 51.0 Å². The number of pyridine rings is 1. The molecule has 0 bridgehead atoms. The van der Waals surface area contributed by atoms with Crippen molar-refractivity contribution >= 4 is 55.7 Å². The monoisotopic (exact) mass is 436 g/mol. The van der Waals surface area contributed by atoms with Crippen molar-refractivity contribution in [1.29, 1.82) is 0 Å². The lowest BCUT2D eigenvalue weighted by Gasteiger charge is -2.04. The summed E-state index contributed by atoms with van der Waals surface area (Å²) in [6, 6.07) is 11.3. The van der Waals surface area contributed by atoms with Gasteiger partial charge in [0.1, 0.15) is 10.7 Å². The average Bonchev–Trinajstić information content (AvgIpc) is 2.95. The van der Waals surface area contributed by atoms with Crippen LogP contribution < -0.4 is 10.6 Å². The van der Waals surface area contributed by atoms with Crippen LogP contribution in [0.3, 0.4) is 0 Å². The van der Waals surface area contributed by atoms with Crippen molar-refractivity contribution in [1.82, 2.24) is 15.3 Å². The number of amides is 1. The summed E-state index contributed by atoms with van der Waals surface area (Å²) in [4.78, 5) is 21.5. The zero-order chi connectivity index (χ0) is 17.8. The zero-order valence-corrected chi connectivity index (χ0v) is 16.4. The molecule has 2 heterocycles. The van der Waals surface area contributed by atoms with Crippen LogP contribution in [0.15, 0.2) is 47.1 Å². The van der Waals surface area contributed by atoms with Crippen LogP contribution in [0.1, 0.15) is 20.9 Å². The molecule has 0 spiro atoms. The normalized spacial score (nSPS) is 10.5. The first-order valence-corrected chi connectivity index (χ1v) is 9.38. The molecule has 0 saturated heterocycles. The van der Waals surface area contributed by atoms with Gasteiger partial charge in [0.2, 0.25) is 0 Å². The molecule has 1 amide bonds. The first-order chi connectivity index (χ1) is 12.0. The van der Waals surface area contributed by atoms with Crippen LogP contribution in [0.25, 0.3) is 0 Å². The highest BCUT2D eigenvalue weighted by molar-refractivity contribution is 9.10. The predicted molar refractivity (Wildman–Crippen MR) is 105 cm³/mol. The number of anilines is 2. The zero-order valence-electron chi connectivity index (χ0n) is 13.2. The van der Waals surface area contributed by atoms with Gasteiger partial charge in [0.25, 0.3) is 5.91 Å². The molecule has 5 nitrogen and oxygen atoms in total. The fourth-order valence-electron chi connectivity index (χ4n) is 2.13. The van der Waals surface area contributed by atoms with Gasteiger partial charge in [-0.2, -0.15) is 0 Å². The van der Waals surface area contributed by atoms with Crippen molar-refractivity contribution in [2.75, 3.05) is 5.32 Å². The molecule has 2 N–H and O–H groups in total. The van der Waals surface area contributed by atoms with Crippen LogP contribution in [0.2, 0.25) is 5.02 Å². The number of carbonyl (C=O) groups is 1. The molecule has 0 aliphatic heterocycles. The molecule has 0 aliphatic carbocycles. The van der Waals surface area contributed by atoms with Crippen molar-refractivity contribution < 1.29 is 4.79 Å². The summed E-state index contributed by atoms with van der Waals surface area (Å²) in [6.45, 7) is 2.27. The van der Waals surface area contributed by atoms with E-state index in [2.05, 4.69) is 36.5 Å². The highest BCUT2D eigenvalue weighted by atomic mass is 79.9.